The molecule has 1 aliphatic heterocycles. The van der Waals surface area contributed by atoms with Crippen LogP contribution in [-0.2, 0) is 11.0 Å². The number of pyridine rings is 1. The van der Waals surface area contributed by atoms with Gasteiger partial charge in [-0.25, -0.2) is 4.98 Å². The van der Waals surface area contributed by atoms with Crippen LogP contribution in [0.4, 0.5) is 30.5 Å². The molecule has 0 atom stereocenters. The second kappa shape index (κ2) is 10.8. The van der Waals surface area contributed by atoms with Crippen molar-refractivity contribution in [1.82, 2.24) is 20.2 Å². The molecule has 0 radical (unpaired) electrons. The maximum Gasteiger partial charge on any atom is 0.419 e. The van der Waals surface area contributed by atoms with E-state index in [9.17, 15) is 18.0 Å². The fourth-order valence-electron chi connectivity index (χ4n) is 4.32. The molecule has 2 fully saturated rings. The van der Waals surface area contributed by atoms with Crippen molar-refractivity contribution in [3.63, 3.8) is 0 Å². The van der Waals surface area contributed by atoms with Crippen LogP contribution in [0.2, 0.25) is 0 Å². The summed E-state index contributed by atoms with van der Waals surface area (Å²) >= 11 is 0. The Morgan fingerprint density at radius 3 is 2.60 bits per heavy atom. The lowest BCUT2D eigenvalue weighted by atomic mass is 9.85. The Balaban J connectivity index is 1.38. The highest BCUT2D eigenvalue weighted by atomic mass is 19.4. The predicted octanol–water partition coefficient (Wildman–Crippen LogP) is 4.67. The maximum atomic E-state index is 13.5. The number of carbonyl (C=O) groups excluding carboxylic acids is 1. The molecule has 2 aromatic heterocycles. The number of anilines is 3. The van der Waals surface area contributed by atoms with Gasteiger partial charge in [0.05, 0.1) is 11.3 Å². The number of piperidine rings is 1. The first-order valence-electron chi connectivity index (χ1n) is 12.2. The molecule has 11 heteroatoms. The number of oxazole rings is 1. The molecule has 1 aliphatic carbocycles. The van der Waals surface area contributed by atoms with Gasteiger partial charge in [-0.05, 0) is 59.2 Å². The van der Waals surface area contributed by atoms with Gasteiger partial charge in [0.1, 0.15) is 11.6 Å². The van der Waals surface area contributed by atoms with Gasteiger partial charge in [0, 0.05) is 37.2 Å². The number of alkyl halides is 3. The number of rotatable bonds is 9. The van der Waals surface area contributed by atoms with Gasteiger partial charge < -0.3 is 25.3 Å². The standard InChI is InChI=1S/C24H33F3N6O2/c1-15-21(32-23(35-15)17-7-11-33(2)12-8-17)31-20-13-19(18(14-30-20)24(25,26)27)28-9-4-10-29-22(34)16-5-3-6-16/h13-14,16-17H,3-12H2,1-2H3,(H,29,34)(H2,28,30,31). The summed E-state index contributed by atoms with van der Waals surface area (Å²) in [7, 11) is 2.08. The Hall–Kier alpha value is -2.82. The molecule has 3 heterocycles. The molecule has 1 amide bonds. The number of carbonyl (C=O) groups is 1. The first kappa shape index (κ1) is 25.3. The van der Waals surface area contributed by atoms with Crippen molar-refractivity contribution in [2.75, 3.05) is 43.9 Å². The Morgan fingerprint density at radius 1 is 1.20 bits per heavy atom. The van der Waals surface area contributed by atoms with Crippen molar-refractivity contribution in [2.24, 2.45) is 5.92 Å². The number of nitrogens with one attached hydrogen (secondary N) is 3. The van der Waals surface area contributed by atoms with Crippen LogP contribution in [0, 0.1) is 12.8 Å². The molecule has 2 aliphatic rings. The SMILES string of the molecule is Cc1oc(C2CCN(C)CC2)nc1Nc1cc(NCCCNC(=O)C2CCC2)c(C(F)(F)F)cn1. The van der Waals surface area contributed by atoms with Crippen LogP contribution in [0.25, 0.3) is 0 Å². The molecule has 4 rings (SSSR count). The molecule has 0 bridgehead atoms. The summed E-state index contributed by atoms with van der Waals surface area (Å²) in [6.45, 7) is 4.40. The smallest absolute Gasteiger partial charge is 0.419 e. The number of hydrogen-bond acceptors (Lipinski definition) is 7. The third-order valence-electron chi connectivity index (χ3n) is 6.78. The third kappa shape index (κ3) is 6.45. The number of nitrogens with zero attached hydrogens (tertiary/aromatic N) is 3. The van der Waals surface area contributed by atoms with E-state index in [1.54, 1.807) is 6.92 Å². The van der Waals surface area contributed by atoms with Crippen molar-refractivity contribution in [1.29, 1.82) is 0 Å². The summed E-state index contributed by atoms with van der Waals surface area (Å²) in [5.41, 5.74) is -0.914. The van der Waals surface area contributed by atoms with Gasteiger partial charge in [-0.15, -0.1) is 0 Å². The van der Waals surface area contributed by atoms with Gasteiger partial charge >= 0.3 is 6.18 Å². The highest BCUT2D eigenvalue weighted by molar-refractivity contribution is 5.79. The van der Waals surface area contributed by atoms with E-state index in [0.29, 0.717) is 30.4 Å². The summed E-state index contributed by atoms with van der Waals surface area (Å²) in [5, 5.41) is 8.71. The van der Waals surface area contributed by atoms with Crippen LogP contribution in [0.3, 0.4) is 0 Å². The Bertz CT molecular complexity index is 1010. The van der Waals surface area contributed by atoms with Gasteiger partial charge in [-0.1, -0.05) is 6.42 Å². The number of hydrogen-bond donors (Lipinski definition) is 3. The third-order valence-corrected chi connectivity index (χ3v) is 6.78. The molecule has 3 N–H and O–H groups in total. The van der Waals surface area contributed by atoms with Crippen LogP contribution in [0.15, 0.2) is 16.7 Å². The summed E-state index contributed by atoms with van der Waals surface area (Å²) < 4.78 is 46.5. The van der Waals surface area contributed by atoms with Crippen molar-refractivity contribution in [2.45, 2.75) is 57.5 Å². The van der Waals surface area contributed by atoms with Crippen molar-refractivity contribution < 1.29 is 22.4 Å². The maximum absolute atomic E-state index is 13.5. The zero-order chi connectivity index (χ0) is 25.0. The fourth-order valence-corrected chi connectivity index (χ4v) is 4.32. The lowest BCUT2D eigenvalue weighted by molar-refractivity contribution is -0.137. The van der Waals surface area contributed by atoms with Crippen LogP contribution >= 0.6 is 0 Å². The topological polar surface area (TPSA) is 95.3 Å². The second-order valence-corrected chi connectivity index (χ2v) is 9.47. The van der Waals surface area contributed by atoms with E-state index in [0.717, 1.165) is 51.4 Å². The Labute approximate surface area is 203 Å². The molecule has 0 spiro atoms. The molecule has 2 aromatic rings. The highest BCUT2D eigenvalue weighted by Gasteiger charge is 2.34. The minimum Gasteiger partial charge on any atom is -0.443 e. The monoisotopic (exact) mass is 494 g/mol. The second-order valence-electron chi connectivity index (χ2n) is 9.47. The van der Waals surface area contributed by atoms with Gasteiger partial charge in [-0.2, -0.15) is 18.2 Å². The average Bonchev–Trinajstić information content (AvgIpc) is 3.12. The van der Waals surface area contributed by atoms with Gasteiger partial charge in [0.2, 0.25) is 5.91 Å². The lowest BCUT2D eigenvalue weighted by Gasteiger charge is -2.26. The van der Waals surface area contributed by atoms with Crippen LogP contribution in [-0.4, -0.2) is 54.0 Å². The van der Waals surface area contributed by atoms with E-state index in [1.165, 1.54) is 6.07 Å². The highest BCUT2D eigenvalue weighted by Crippen LogP contribution is 2.36. The number of aryl methyl sites for hydroxylation is 1. The van der Waals surface area contributed by atoms with E-state index in [-0.39, 0.29) is 35.8 Å². The fraction of sp³-hybridized carbons (Fsp3) is 0.625. The first-order valence-corrected chi connectivity index (χ1v) is 12.2. The molecular formula is C24H33F3N6O2. The zero-order valence-corrected chi connectivity index (χ0v) is 20.2. The van der Waals surface area contributed by atoms with Gasteiger partial charge in [0.25, 0.3) is 0 Å². The molecular weight excluding hydrogens is 461 g/mol. The number of amides is 1. The minimum absolute atomic E-state index is 0.0326. The molecule has 0 aromatic carbocycles. The Morgan fingerprint density at radius 2 is 1.94 bits per heavy atom. The van der Waals surface area contributed by atoms with Crippen LogP contribution in [0.5, 0.6) is 0 Å². The van der Waals surface area contributed by atoms with E-state index in [4.69, 9.17) is 4.42 Å². The largest absolute Gasteiger partial charge is 0.443 e. The predicted molar refractivity (Wildman–Crippen MR) is 127 cm³/mol. The van der Waals surface area contributed by atoms with Gasteiger partial charge in [-0.3, -0.25) is 4.79 Å². The first-order chi connectivity index (χ1) is 16.7. The lowest BCUT2D eigenvalue weighted by Crippen LogP contribution is -2.35. The van der Waals surface area contributed by atoms with Gasteiger partial charge in [0.15, 0.2) is 11.7 Å². The van der Waals surface area contributed by atoms with Crippen molar-refractivity contribution in [3.05, 3.63) is 29.5 Å². The van der Waals surface area contributed by atoms with E-state index < -0.39 is 11.7 Å². The summed E-state index contributed by atoms with van der Waals surface area (Å²) in [5.74, 6) is 2.26. The summed E-state index contributed by atoms with van der Waals surface area (Å²) in [6.07, 6.45) is 1.57. The molecule has 192 valence electrons. The normalized spacial score (nSPS) is 17.7. The molecule has 1 saturated carbocycles. The zero-order valence-electron chi connectivity index (χ0n) is 20.2. The molecule has 1 saturated heterocycles. The van der Waals surface area contributed by atoms with E-state index >= 15 is 0 Å². The number of aromatic nitrogens is 2. The summed E-state index contributed by atoms with van der Waals surface area (Å²) in [6, 6.07) is 1.33. The summed E-state index contributed by atoms with van der Waals surface area (Å²) in [4.78, 5) is 22.7. The number of likely N-dealkylation sites (tertiary alicyclic amines) is 1. The van der Waals surface area contributed by atoms with Crippen molar-refractivity contribution in [3.8, 4) is 0 Å². The average molecular weight is 495 g/mol. The quantitative estimate of drug-likeness (QED) is 0.436. The molecule has 0 unspecified atom stereocenters. The minimum atomic E-state index is -4.54. The van der Waals surface area contributed by atoms with E-state index in [2.05, 4.69) is 37.9 Å². The molecule has 8 nitrogen and oxygen atoms in total. The van der Waals surface area contributed by atoms with E-state index in [1.807, 2.05) is 0 Å². The van der Waals surface area contributed by atoms with Crippen LogP contribution in [0.1, 0.15) is 61.7 Å². The van der Waals surface area contributed by atoms with Crippen molar-refractivity contribution >= 4 is 23.2 Å². The van der Waals surface area contributed by atoms with Crippen LogP contribution < -0.4 is 16.0 Å². The number of halogens is 3. The molecule has 35 heavy (non-hydrogen) atoms. The Kier molecular flexibility index (Phi) is 7.83.